The second kappa shape index (κ2) is 12.2. The third kappa shape index (κ3) is 5.85. The summed E-state index contributed by atoms with van der Waals surface area (Å²) >= 11 is 12.6. The first kappa shape index (κ1) is 28.0. The molecule has 1 atom stereocenters. The van der Waals surface area contributed by atoms with Crippen LogP contribution in [0.2, 0.25) is 10.0 Å². The van der Waals surface area contributed by atoms with Gasteiger partial charge < -0.3 is 29.4 Å². The highest BCUT2D eigenvalue weighted by molar-refractivity contribution is 6.37. The molecule has 0 aromatic heterocycles. The van der Waals surface area contributed by atoms with E-state index in [4.69, 9.17) is 52.6 Å². The van der Waals surface area contributed by atoms with Crippen molar-refractivity contribution in [2.45, 2.75) is 25.7 Å². The molecule has 8 nitrogen and oxygen atoms in total. The summed E-state index contributed by atoms with van der Waals surface area (Å²) in [5.41, 5.74) is 7.84. The molecule has 0 radical (unpaired) electrons. The Balaban J connectivity index is 1.64. The first-order chi connectivity index (χ1) is 18.8. The molecule has 0 saturated heterocycles. The monoisotopic (exact) mass is 568 g/mol. The summed E-state index contributed by atoms with van der Waals surface area (Å²) in [6.45, 7) is 2.50. The number of halogens is 2. The molecule has 0 fully saturated rings. The first-order valence-corrected chi connectivity index (χ1v) is 12.8. The molecular formula is C29H26Cl2N2O6. The lowest BCUT2D eigenvalue weighted by Gasteiger charge is -2.27. The summed E-state index contributed by atoms with van der Waals surface area (Å²) in [7, 11) is 3.08. The van der Waals surface area contributed by atoms with Gasteiger partial charge in [0.25, 0.3) is 0 Å². The van der Waals surface area contributed by atoms with Crippen LogP contribution >= 0.6 is 23.2 Å². The lowest BCUT2D eigenvalue weighted by atomic mass is 9.83. The van der Waals surface area contributed by atoms with Gasteiger partial charge in [0.15, 0.2) is 5.75 Å². The fourth-order valence-electron chi connectivity index (χ4n) is 4.18. The highest BCUT2D eigenvalue weighted by Gasteiger charge is 2.33. The van der Waals surface area contributed by atoms with Gasteiger partial charge in [-0.05, 0) is 30.7 Å². The fraction of sp³-hybridized carbons (Fsp3) is 0.241. The number of nitrogens with zero attached hydrogens (tertiary/aromatic N) is 1. The van der Waals surface area contributed by atoms with Crippen LogP contribution < -0.4 is 29.4 Å². The Bertz CT molecular complexity index is 1460. The number of rotatable bonds is 9. The molecule has 1 heterocycles. The van der Waals surface area contributed by atoms with Crippen molar-refractivity contribution in [3.05, 3.63) is 86.7 Å². The number of allylic oxidation sites excluding steroid dienone is 1. The van der Waals surface area contributed by atoms with Gasteiger partial charge in [-0.2, -0.15) is 5.26 Å². The zero-order valence-electron chi connectivity index (χ0n) is 21.5. The Morgan fingerprint density at radius 3 is 2.36 bits per heavy atom. The van der Waals surface area contributed by atoms with Crippen molar-refractivity contribution in [3.8, 4) is 34.8 Å². The molecule has 10 heteroatoms. The molecule has 0 spiro atoms. The third-order valence-corrected chi connectivity index (χ3v) is 6.69. The maximum Gasteiger partial charge on any atom is 0.343 e. The molecular weight excluding hydrogens is 543 g/mol. The largest absolute Gasteiger partial charge is 0.497 e. The van der Waals surface area contributed by atoms with Crippen LogP contribution in [0.25, 0.3) is 0 Å². The SMILES string of the molecule is CCCCOc1c(Cl)cc(C(=O)Oc2ccc3c(c2)OC(N)=C(C#N)C3c2ccc(OC)cc2OC)cc1Cl. The zero-order chi connectivity index (χ0) is 28.1. The Morgan fingerprint density at radius 1 is 1.03 bits per heavy atom. The van der Waals surface area contributed by atoms with Crippen molar-refractivity contribution in [2.24, 2.45) is 5.73 Å². The van der Waals surface area contributed by atoms with E-state index < -0.39 is 11.9 Å². The highest BCUT2D eigenvalue weighted by atomic mass is 35.5. The summed E-state index contributed by atoms with van der Waals surface area (Å²) in [5, 5.41) is 10.3. The van der Waals surface area contributed by atoms with Crippen LogP contribution in [0, 0.1) is 11.3 Å². The van der Waals surface area contributed by atoms with E-state index in [1.54, 1.807) is 37.4 Å². The van der Waals surface area contributed by atoms with Crippen LogP contribution in [0.15, 0.2) is 60.0 Å². The van der Waals surface area contributed by atoms with Crippen LogP contribution in [-0.4, -0.2) is 26.8 Å². The van der Waals surface area contributed by atoms with E-state index in [1.165, 1.54) is 25.3 Å². The molecule has 202 valence electrons. The smallest absolute Gasteiger partial charge is 0.343 e. The van der Waals surface area contributed by atoms with Gasteiger partial charge in [0.2, 0.25) is 5.88 Å². The highest BCUT2D eigenvalue weighted by Crippen LogP contribution is 2.46. The number of nitrogens with two attached hydrogens (primary N) is 1. The van der Waals surface area contributed by atoms with Crippen molar-refractivity contribution < 1.29 is 28.5 Å². The van der Waals surface area contributed by atoms with Crippen molar-refractivity contribution in [1.29, 1.82) is 5.26 Å². The number of nitriles is 1. The summed E-state index contributed by atoms with van der Waals surface area (Å²) in [4.78, 5) is 12.9. The van der Waals surface area contributed by atoms with E-state index >= 15 is 0 Å². The third-order valence-electron chi connectivity index (χ3n) is 6.13. The number of carbonyl (C=O) groups excluding carboxylic acids is 1. The van der Waals surface area contributed by atoms with Gasteiger partial charge in [0.1, 0.15) is 34.6 Å². The Morgan fingerprint density at radius 2 is 1.72 bits per heavy atom. The van der Waals surface area contributed by atoms with Crippen LogP contribution in [0.1, 0.15) is 47.2 Å². The average Bonchev–Trinajstić information content (AvgIpc) is 2.93. The zero-order valence-corrected chi connectivity index (χ0v) is 23.1. The number of benzene rings is 3. The van der Waals surface area contributed by atoms with Gasteiger partial charge in [-0.1, -0.05) is 48.7 Å². The molecule has 1 aliphatic heterocycles. The van der Waals surface area contributed by atoms with Gasteiger partial charge in [-0.15, -0.1) is 0 Å². The van der Waals surface area contributed by atoms with Gasteiger partial charge in [-0.3, -0.25) is 0 Å². The maximum absolute atomic E-state index is 12.9. The van der Waals surface area contributed by atoms with Crippen LogP contribution in [0.4, 0.5) is 0 Å². The number of esters is 1. The Kier molecular flexibility index (Phi) is 8.75. The Labute approximate surface area is 236 Å². The minimum Gasteiger partial charge on any atom is -0.497 e. The van der Waals surface area contributed by atoms with Gasteiger partial charge in [-0.25, -0.2) is 4.79 Å². The second-order valence-electron chi connectivity index (χ2n) is 8.59. The number of hydrogen-bond acceptors (Lipinski definition) is 8. The van der Waals surface area contributed by atoms with E-state index in [-0.39, 0.29) is 32.8 Å². The summed E-state index contributed by atoms with van der Waals surface area (Å²) < 4.78 is 27.8. The normalized spacial score (nSPS) is 14.1. The van der Waals surface area contributed by atoms with Crippen molar-refractivity contribution >= 4 is 29.2 Å². The number of hydrogen-bond donors (Lipinski definition) is 1. The maximum atomic E-state index is 12.9. The van der Waals surface area contributed by atoms with Crippen molar-refractivity contribution in [3.63, 3.8) is 0 Å². The molecule has 0 bridgehead atoms. The summed E-state index contributed by atoms with van der Waals surface area (Å²) in [5.74, 6) is 0.639. The minimum absolute atomic E-state index is 0.0615. The minimum atomic E-state index is -0.677. The fourth-order valence-corrected chi connectivity index (χ4v) is 4.77. The predicted molar refractivity (Wildman–Crippen MR) is 147 cm³/mol. The van der Waals surface area contributed by atoms with Gasteiger partial charge >= 0.3 is 5.97 Å². The lowest BCUT2D eigenvalue weighted by Crippen LogP contribution is -2.21. The first-order valence-electron chi connectivity index (χ1n) is 12.1. The van der Waals surface area contributed by atoms with Gasteiger partial charge in [0, 0.05) is 23.3 Å². The molecule has 0 amide bonds. The van der Waals surface area contributed by atoms with E-state index in [0.29, 0.717) is 40.7 Å². The van der Waals surface area contributed by atoms with E-state index in [9.17, 15) is 10.1 Å². The molecule has 1 unspecified atom stereocenters. The molecule has 0 aliphatic carbocycles. The number of fused-ring (bicyclic) bond motifs is 1. The standard InChI is InChI=1S/C29H26Cl2N2O6/c1-4-5-10-37-27-22(30)11-16(12-23(27)31)29(34)38-18-7-9-20-25(14-18)39-28(33)21(15-32)26(20)19-8-6-17(35-2)13-24(19)36-3/h6-9,11-14,26H,4-5,10,33H2,1-3H3. The molecule has 0 saturated carbocycles. The Hall–Kier alpha value is -4.06. The molecule has 1 aliphatic rings. The number of ether oxygens (including phenoxy) is 5. The van der Waals surface area contributed by atoms with E-state index in [1.807, 2.05) is 6.92 Å². The van der Waals surface area contributed by atoms with Crippen LogP contribution in [-0.2, 0) is 0 Å². The summed E-state index contributed by atoms with van der Waals surface area (Å²) in [6.07, 6.45) is 1.80. The van der Waals surface area contributed by atoms with Gasteiger partial charge in [0.05, 0.1) is 42.4 Å². The number of unbranched alkanes of at least 4 members (excludes halogenated alkanes) is 1. The van der Waals surface area contributed by atoms with Crippen molar-refractivity contribution in [1.82, 2.24) is 0 Å². The molecule has 3 aromatic rings. The lowest BCUT2D eigenvalue weighted by molar-refractivity contribution is 0.0734. The van der Waals surface area contributed by atoms with Crippen molar-refractivity contribution in [2.75, 3.05) is 20.8 Å². The number of methoxy groups -OCH3 is 2. The van der Waals surface area contributed by atoms with Crippen LogP contribution in [0.5, 0.6) is 28.7 Å². The molecule has 39 heavy (non-hydrogen) atoms. The number of carbonyl (C=O) groups is 1. The van der Waals surface area contributed by atoms with E-state index in [0.717, 1.165) is 12.8 Å². The van der Waals surface area contributed by atoms with Crippen LogP contribution in [0.3, 0.4) is 0 Å². The van der Waals surface area contributed by atoms with E-state index in [2.05, 4.69) is 6.07 Å². The topological polar surface area (TPSA) is 113 Å². The quantitative estimate of drug-likeness (QED) is 0.174. The predicted octanol–water partition coefficient (Wildman–Crippen LogP) is 6.63. The average molecular weight is 569 g/mol. The summed E-state index contributed by atoms with van der Waals surface area (Å²) in [6, 6.07) is 15.2. The second-order valence-corrected chi connectivity index (χ2v) is 9.41. The molecule has 4 rings (SSSR count). The molecule has 3 aromatic carbocycles. The molecule has 2 N–H and O–H groups in total.